The van der Waals surface area contributed by atoms with Gasteiger partial charge in [0.2, 0.25) is 0 Å². The van der Waals surface area contributed by atoms with Gasteiger partial charge in [0.25, 0.3) is 0 Å². The van der Waals surface area contributed by atoms with E-state index in [0.29, 0.717) is 6.42 Å². The molecule has 1 aliphatic heterocycles. The molecular formula is C28H54O6. The first-order chi connectivity index (χ1) is 16.6. The van der Waals surface area contributed by atoms with E-state index in [1.807, 2.05) is 0 Å². The fourth-order valence-electron chi connectivity index (χ4n) is 4.76. The van der Waals surface area contributed by atoms with Crippen molar-refractivity contribution in [3.63, 3.8) is 0 Å². The second kappa shape index (κ2) is 21.6. The van der Waals surface area contributed by atoms with Crippen LogP contribution in [0.3, 0.4) is 0 Å². The van der Waals surface area contributed by atoms with E-state index in [-0.39, 0.29) is 12.6 Å². The van der Waals surface area contributed by atoms with Gasteiger partial charge in [0.1, 0.15) is 18.3 Å². The average molecular weight is 487 g/mol. The van der Waals surface area contributed by atoms with Gasteiger partial charge in [0.05, 0.1) is 13.2 Å². The molecule has 6 heteroatoms. The molecule has 0 spiro atoms. The molecule has 34 heavy (non-hydrogen) atoms. The number of rotatable bonds is 23. The molecule has 0 unspecified atom stereocenters. The maximum Gasteiger partial charge on any atom is 0.306 e. The zero-order chi connectivity index (χ0) is 24.9. The summed E-state index contributed by atoms with van der Waals surface area (Å²) in [5, 5.41) is 28.7. The number of carbonyl (C=O) groups excluding carboxylic acids is 1. The van der Waals surface area contributed by atoms with Crippen molar-refractivity contribution in [2.75, 3.05) is 13.2 Å². The van der Waals surface area contributed by atoms with E-state index in [9.17, 15) is 15.0 Å². The van der Waals surface area contributed by atoms with Crippen LogP contribution >= 0.6 is 0 Å². The van der Waals surface area contributed by atoms with Crippen LogP contribution in [0.25, 0.3) is 0 Å². The largest absolute Gasteiger partial charge is 0.457 e. The third-order valence-corrected chi connectivity index (χ3v) is 6.98. The summed E-state index contributed by atoms with van der Waals surface area (Å²) in [4.78, 5) is 12.1. The highest BCUT2D eigenvalue weighted by atomic mass is 16.6. The van der Waals surface area contributed by atoms with Gasteiger partial charge in [-0.1, -0.05) is 122 Å². The van der Waals surface area contributed by atoms with E-state index < -0.39 is 31.0 Å². The van der Waals surface area contributed by atoms with Crippen LogP contribution in [-0.2, 0) is 14.3 Å². The highest BCUT2D eigenvalue weighted by molar-refractivity contribution is 5.69. The lowest BCUT2D eigenvalue weighted by Gasteiger charge is -2.23. The molecular weight excluding hydrogens is 432 g/mol. The van der Waals surface area contributed by atoms with Crippen LogP contribution in [0, 0.1) is 0 Å². The van der Waals surface area contributed by atoms with Gasteiger partial charge in [-0.3, -0.25) is 4.79 Å². The fraction of sp³-hybridized carbons (Fsp3) is 0.964. The predicted octanol–water partition coefficient (Wildman–Crippen LogP) is 5.83. The summed E-state index contributed by atoms with van der Waals surface area (Å²) < 4.78 is 10.6. The number of hydrogen-bond donors (Lipinski definition) is 3. The number of aliphatic hydroxyl groups excluding tert-OH is 3. The van der Waals surface area contributed by atoms with Gasteiger partial charge in [-0.15, -0.1) is 0 Å². The first kappa shape index (κ1) is 31.3. The Labute approximate surface area is 208 Å². The van der Waals surface area contributed by atoms with Crippen molar-refractivity contribution < 1.29 is 29.6 Å². The highest BCUT2D eigenvalue weighted by Gasteiger charge is 2.42. The van der Waals surface area contributed by atoms with Crippen molar-refractivity contribution in [2.45, 2.75) is 160 Å². The molecule has 3 N–H and O–H groups in total. The summed E-state index contributed by atoms with van der Waals surface area (Å²) in [6.45, 7) is 1.78. The van der Waals surface area contributed by atoms with Crippen molar-refractivity contribution >= 4 is 5.97 Å². The number of ether oxygens (including phenoxy) is 2. The summed E-state index contributed by atoms with van der Waals surface area (Å²) in [6.07, 6.45) is 21.3. The van der Waals surface area contributed by atoms with Crippen LogP contribution in [0.4, 0.5) is 0 Å². The van der Waals surface area contributed by atoms with Crippen molar-refractivity contribution in [3.8, 4) is 0 Å². The molecule has 0 aromatic rings. The predicted molar refractivity (Wildman–Crippen MR) is 137 cm³/mol. The molecule has 6 nitrogen and oxygen atoms in total. The molecule has 0 aliphatic carbocycles. The van der Waals surface area contributed by atoms with Crippen LogP contribution in [-0.4, -0.2) is 58.9 Å². The van der Waals surface area contributed by atoms with Crippen LogP contribution in [0.1, 0.15) is 135 Å². The molecule has 0 aromatic heterocycles. The minimum atomic E-state index is -1.16. The Morgan fingerprint density at radius 1 is 0.794 bits per heavy atom. The SMILES string of the molecule is CCCCCCCCCCCCCCCCCCCCCC(=O)O[C@H]1[C@@H]([C@H](O)CO)OC[C@H]1O. The molecule has 0 saturated carbocycles. The molecule has 1 heterocycles. The second-order valence-corrected chi connectivity index (χ2v) is 10.2. The Hall–Kier alpha value is -0.690. The lowest BCUT2D eigenvalue weighted by molar-refractivity contribution is -0.160. The normalized spacial score (nSPS) is 21.1. The highest BCUT2D eigenvalue weighted by Crippen LogP contribution is 2.22. The second-order valence-electron chi connectivity index (χ2n) is 10.2. The zero-order valence-electron chi connectivity index (χ0n) is 21.9. The van der Waals surface area contributed by atoms with Gasteiger partial charge in [0.15, 0.2) is 6.10 Å². The molecule has 0 amide bonds. The molecule has 0 aromatic carbocycles. The van der Waals surface area contributed by atoms with Gasteiger partial charge >= 0.3 is 5.97 Å². The lowest BCUT2D eigenvalue weighted by atomic mass is 10.0. The minimum Gasteiger partial charge on any atom is -0.457 e. The van der Waals surface area contributed by atoms with Crippen molar-refractivity contribution in [1.29, 1.82) is 0 Å². The van der Waals surface area contributed by atoms with Crippen molar-refractivity contribution in [1.82, 2.24) is 0 Å². The smallest absolute Gasteiger partial charge is 0.306 e. The quantitative estimate of drug-likeness (QED) is 0.124. The number of carbonyl (C=O) groups is 1. The molecule has 1 fully saturated rings. The number of unbranched alkanes of at least 4 members (excludes halogenated alkanes) is 18. The first-order valence-corrected chi connectivity index (χ1v) is 14.4. The van der Waals surface area contributed by atoms with Crippen LogP contribution in [0.15, 0.2) is 0 Å². The lowest BCUT2D eigenvalue weighted by Crippen LogP contribution is -2.43. The first-order valence-electron chi connectivity index (χ1n) is 14.4. The number of esters is 1. The van der Waals surface area contributed by atoms with E-state index in [0.717, 1.165) is 19.3 Å². The summed E-state index contributed by atoms with van der Waals surface area (Å²) >= 11 is 0. The zero-order valence-corrected chi connectivity index (χ0v) is 21.9. The standard InChI is InChI=1S/C28H54O6/c1-2-3-4-5-6-7-8-9-10-11-12-13-14-15-16-17-18-19-20-21-26(32)34-28-25(31)23-33-27(28)24(30)22-29/h24-25,27-31H,2-23H2,1H3/t24-,25-,27-,28-/m1/s1. The molecule has 1 aliphatic rings. The summed E-state index contributed by atoms with van der Waals surface area (Å²) in [7, 11) is 0. The van der Waals surface area contributed by atoms with Gasteiger partial charge in [-0.2, -0.15) is 0 Å². The molecule has 202 valence electrons. The van der Waals surface area contributed by atoms with Crippen LogP contribution in [0.2, 0.25) is 0 Å². The molecule has 4 atom stereocenters. The summed E-state index contributed by atoms with van der Waals surface area (Å²) in [5.41, 5.74) is 0. The Morgan fingerprint density at radius 2 is 1.21 bits per heavy atom. The van der Waals surface area contributed by atoms with E-state index in [1.54, 1.807) is 0 Å². The maximum atomic E-state index is 12.1. The monoisotopic (exact) mass is 486 g/mol. The van der Waals surface area contributed by atoms with Gasteiger partial charge < -0.3 is 24.8 Å². The van der Waals surface area contributed by atoms with Gasteiger partial charge in [-0.25, -0.2) is 0 Å². The maximum absolute atomic E-state index is 12.1. The minimum absolute atomic E-state index is 0.00106. The molecule has 0 radical (unpaired) electrons. The fourth-order valence-corrected chi connectivity index (χ4v) is 4.76. The third kappa shape index (κ3) is 15.3. The average Bonchev–Trinajstić information content (AvgIpc) is 3.19. The summed E-state index contributed by atoms with van der Waals surface area (Å²) in [5.74, 6) is -0.378. The number of hydrogen-bond acceptors (Lipinski definition) is 6. The number of aliphatic hydroxyl groups is 3. The topological polar surface area (TPSA) is 96.2 Å². The Bertz CT molecular complexity index is 472. The Kier molecular flexibility index (Phi) is 19.9. The van der Waals surface area contributed by atoms with Crippen LogP contribution < -0.4 is 0 Å². The third-order valence-electron chi connectivity index (χ3n) is 6.98. The summed E-state index contributed by atoms with van der Waals surface area (Å²) in [6, 6.07) is 0. The molecule has 0 bridgehead atoms. The van der Waals surface area contributed by atoms with Gasteiger partial charge in [0, 0.05) is 6.42 Å². The van der Waals surface area contributed by atoms with Gasteiger partial charge in [-0.05, 0) is 6.42 Å². The van der Waals surface area contributed by atoms with Crippen molar-refractivity contribution in [2.24, 2.45) is 0 Å². The molecule has 1 rings (SSSR count). The molecule has 1 saturated heterocycles. The van der Waals surface area contributed by atoms with E-state index >= 15 is 0 Å². The Balaban J connectivity index is 1.83. The van der Waals surface area contributed by atoms with Crippen LogP contribution in [0.5, 0.6) is 0 Å². The van der Waals surface area contributed by atoms with E-state index in [2.05, 4.69) is 6.92 Å². The van der Waals surface area contributed by atoms with Crippen molar-refractivity contribution in [3.05, 3.63) is 0 Å². The van der Waals surface area contributed by atoms with E-state index in [4.69, 9.17) is 14.6 Å². The Morgan fingerprint density at radius 3 is 1.62 bits per heavy atom. The van der Waals surface area contributed by atoms with E-state index in [1.165, 1.54) is 103 Å².